The minimum atomic E-state index is -4.34. The van der Waals surface area contributed by atoms with Crippen molar-refractivity contribution in [1.29, 1.82) is 0 Å². The average molecular weight is 759 g/mol. The molecule has 2 aliphatic carbocycles. The summed E-state index contributed by atoms with van der Waals surface area (Å²) < 4.78 is 56.0. The van der Waals surface area contributed by atoms with Gasteiger partial charge in [0, 0.05) is 21.1 Å². The first kappa shape index (κ1) is 37.9. The van der Waals surface area contributed by atoms with Crippen LogP contribution in [0.5, 0.6) is 17.2 Å². The maximum Gasteiger partial charge on any atom is 0.278 e. The zero-order chi connectivity index (χ0) is 36.3. The Bertz CT molecular complexity index is 1680. The first-order chi connectivity index (χ1) is 22.4. The van der Waals surface area contributed by atoms with Crippen LogP contribution in [0, 0.1) is 16.7 Å². The standard InChI is InChI=1S/C37H54O7S2Si3/c1-36(2)28-21-22-37(36,35(38)23-28)27-45(39,40)44-46(32-18-12-15-29(24-32)41-47(3,4)5,33-19-13-16-30(25-33)42-48(6,7)8)34-20-14-17-31(26-34)43-49(9,10)11/h12-20,24-26,28H,21-23,27H2,1-11H3. The van der Waals surface area contributed by atoms with Crippen molar-refractivity contribution in [1.82, 2.24) is 0 Å². The number of hydrogen-bond donors (Lipinski definition) is 0. The van der Waals surface area contributed by atoms with Gasteiger partial charge in [-0.1, -0.05) is 32.0 Å². The molecule has 0 spiro atoms. The molecule has 0 aromatic heterocycles. The van der Waals surface area contributed by atoms with Crippen LogP contribution < -0.4 is 13.3 Å². The van der Waals surface area contributed by atoms with E-state index in [9.17, 15) is 13.2 Å². The third kappa shape index (κ3) is 8.09. The lowest BCUT2D eigenvalue weighted by atomic mass is 9.70. The fourth-order valence-electron chi connectivity index (χ4n) is 7.33. The molecule has 2 unspecified atom stereocenters. The molecule has 0 radical (unpaired) electrons. The topological polar surface area (TPSA) is 88.1 Å². The number of hydrogen-bond acceptors (Lipinski definition) is 7. The highest BCUT2D eigenvalue weighted by Crippen LogP contribution is 2.72. The zero-order valence-electron chi connectivity index (χ0n) is 31.0. The summed E-state index contributed by atoms with van der Waals surface area (Å²) in [6.07, 6.45) is 1.81. The molecule has 2 fully saturated rings. The van der Waals surface area contributed by atoms with E-state index in [1.807, 2.05) is 72.8 Å². The van der Waals surface area contributed by atoms with Crippen molar-refractivity contribution in [3.63, 3.8) is 0 Å². The van der Waals surface area contributed by atoms with E-state index in [4.69, 9.17) is 16.9 Å². The lowest BCUT2D eigenvalue weighted by molar-refractivity contribution is -0.128. The minimum absolute atomic E-state index is 0.0307. The van der Waals surface area contributed by atoms with E-state index >= 15 is 0 Å². The molecule has 0 heterocycles. The molecule has 2 saturated carbocycles. The molecule has 0 N–H and O–H groups in total. The van der Waals surface area contributed by atoms with Gasteiger partial charge in [-0.3, -0.25) is 4.79 Å². The van der Waals surface area contributed by atoms with Gasteiger partial charge in [-0.2, -0.15) is 8.42 Å². The van der Waals surface area contributed by atoms with Gasteiger partial charge in [0.25, 0.3) is 10.1 Å². The average Bonchev–Trinajstić information content (AvgIpc) is 3.28. The number of ketones is 1. The molecule has 268 valence electrons. The predicted octanol–water partition coefficient (Wildman–Crippen LogP) is 10.3. The summed E-state index contributed by atoms with van der Waals surface area (Å²) in [6.45, 7) is 23.1. The van der Waals surface area contributed by atoms with E-state index < -0.39 is 56.2 Å². The molecular weight excluding hydrogens is 705 g/mol. The number of benzene rings is 3. The van der Waals surface area contributed by atoms with Crippen LogP contribution in [-0.4, -0.2) is 44.9 Å². The second-order valence-electron chi connectivity index (χ2n) is 17.1. The summed E-state index contributed by atoms with van der Waals surface area (Å²) in [6, 6.07) is 23.0. The van der Waals surface area contributed by atoms with Crippen molar-refractivity contribution in [2.45, 2.75) is 107 Å². The lowest BCUT2D eigenvalue weighted by Gasteiger charge is -2.42. The second-order valence-corrected chi connectivity index (χ2v) is 34.8. The summed E-state index contributed by atoms with van der Waals surface area (Å²) >= 11 is 0. The largest absolute Gasteiger partial charge is 0.544 e. The normalized spacial score (nSPS) is 21.4. The fourth-order valence-corrected chi connectivity index (χ4v) is 16.0. The molecule has 2 aliphatic rings. The highest BCUT2D eigenvalue weighted by Gasteiger charge is 2.66. The van der Waals surface area contributed by atoms with E-state index in [0.29, 0.717) is 44.8 Å². The van der Waals surface area contributed by atoms with Gasteiger partial charge in [0.2, 0.25) is 25.0 Å². The summed E-state index contributed by atoms with van der Waals surface area (Å²) in [5.74, 6) is 1.81. The first-order valence-electron chi connectivity index (χ1n) is 17.1. The SMILES string of the molecule is CC1(C)C2CCC1(CS(=O)(=O)OS(c1cccc(O[Si](C)(C)C)c1)(c1cccc(O[Si](C)(C)C)c1)c1cccc(O[Si](C)(C)C)c1)C(=O)C2. The first-order valence-corrected chi connectivity index (χ1v) is 30.5. The van der Waals surface area contributed by atoms with Crippen LogP contribution in [0.3, 0.4) is 0 Å². The highest BCUT2D eigenvalue weighted by atomic mass is 32.3. The Morgan fingerprint density at radius 2 is 1.06 bits per heavy atom. The third-order valence-electron chi connectivity index (χ3n) is 9.45. The van der Waals surface area contributed by atoms with Crippen LogP contribution in [-0.2, 0) is 18.5 Å². The van der Waals surface area contributed by atoms with Gasteiger partial charge >= 0.3 is 0 Å². The molecule has 0 saturated heterocycles. The van der Waals surface area contributed by atoms with Crippen molar-refractivity contribution >= 4 is 51.2 Å². The van der Waals surface area contributed by atoms with E-state index in [2.05, 4.69) is 72.8 Å². The quantitative estimate of drug-likeness (QED) is 0.160. The Morgan fingerprint density at radius 1 is 0.673 bits per heavy atom. The van der Waals surface area contributed by atoms with Crippen LogP contribution in [0.4, 0.5) is 0 Å². The molecule has 3 aromatic carbocycles. The molecule has 3 aromatic rings. The molecule has 12 heteroatoms. The third-order valence-corrected chi connectivity index (χ3v) is 17.2. The Balaban J connectivity index is 1.79. The Labute approximate surface area is 299 Å². The number of fused-ring (bicyclic) bond motifs is 2. The van der Waals surface area contributed by atoms with Crippen molar-refractivity contribution < 1.29 is 30.1 Å². The maximum atomic E-state index is 14.9. The van der Waals surface area contributed by atoms with Crippen molar-refractivity contribution in [3.05, 3.63) is 72.8 Å². The number of carbonyl (C=O) groups excluding carboxylic acids is 1. The van der Waals surface area contributed by atoms with Crippen LogP contribution >= 0.6 is 10.3 Å². The van der Waals surface area contributed by atoms with Gasteiger partial charge in [-0.15, -0.1) is 0 Å². The fraction of sp³-hybridized carbons (Fsp3) is 0.486. The zero-order valence-corrected chi connectivity index (χ0v) is 35.6. The van der Waals surface area contributed by atoms with E-state index in [1.54, 1.807) is 0 Å². The number of rotatable bonds is 13. The monoisotopic (exact) mass is 758 g/mol. The Hall–Kier alpha value is -2.36. The number of Topliss-reactive ketones (excluding diaryl/α,β-unsaturated/α-hetero) is 1. The molecule has 0 amide bonds. The maximum absolute atomic E-state index is 14.9. The van der Waals surface area contributed by atoms with E-state index in [1.165, 1.54) is 0 Å². The Morgan fingerprint density at radius 3 is 1.37 bits per heavy atom. The minimum Gasteiger partial charge on any atom is -0.544 e. The predicted molar refractivity (Wildman–Crippen MR) is 207 cm³/mol. The van der Waals surface area contributed by atoms with Crippen molar-refractivity contribution in [3.8, 4) is 17.2 Å². The molecule has 2 bridgehead atoms. The lowest BCUT2D eigenvalue weighted by Crippen LogP contribution is -2.42. The molecule has 5 rings (SSSR count). The van der Waals surface area contributed by atoms with Gasteiger partial charge in [0.15, 0.2) is 0 Å². The van der Waals surface area contributed by atoms with Crippen molar-refractivity contribution in [2.75, 3.05) is 5.75 Å². The van der Waals surface area contributed by atoms with Gasteiger partial charge in [-0.25, -0.2) is 3.63 Å². The van der Waals surface area contributed by atoms with Gasteiger partial charge in [0.1, 0.15) is 23.0 Å². The summed E-state index contributed by atoms with van der Waals surface area (Å²) in [5.41, 5.74) is -1.43. The number of carbonyl (C=O) groups is 1. The van der Waals surface area contributed by atoms with Gasteiger partial charge < -0.3 is 13.3 Å². The van der Waals surface area contributed by atoms with Crippen LogP contribution in [0.2, 0.25) is 58.9 Å². The van der Waals surface area contributed by atoms with Gasteiger partial charge in [-0.05, 0) is 148 Å². The molecule has 2 atom stereocenters. The molecule has 0 aliphatic heterocycles. The summed E-state index contributed by atoms with van der Waals surface area (Å²) in [5, 5.41) is 0. The van der Waals surface area contributed by atoms with E-state index in [-0.39, 0.29) is 17.5 Å². The molecule has 49 heavy (non-hydrogen) atoms. The van der Waals surface area contributed by atoms with Crippen LogP contribution in [0.25, 0.3) is 0 Å². The second kappa shape index (κ2) is 13.0. The molecular formula is C37H54O7S2Si3. The van der Waals surface area contributed by atoms with Crippen molar-refractivity contribution in [2.24, 2.45) is 16.7 Å². The van der Waals surface area contributed by atoms with E-state index in [0.717, 1.165) is 6.42 Å². The Kier molecular flexibility index (Phi) is 10.1. The van der Waals surface area contributed by atoms with Crippen LogP contribution in [0.15, 0.2) is 87.5 Å². The highest BCUT2D eigenvalue weighted by molar-refractivity contribution is 8.33. The van der Waals surface area contributed by atoms with Crippen LogP contribution in [0.1, 0.15) is 33.1 Å². The summed E-state index contributed by atoms with van der Waals surface area (Å²) in [4.78, 5) is 15.6. The molecule has 7 nitrogen and oxygen atoms in total. The smallest absolute Gasteiger partial charge is 0.278 e. The summed E-state index contributed by atoms with van der Waals surface area (Å²) in [7, 11) is -13.5. The van der Waals surface area contributed by atoms with Gasteiger partial charge in [0.05, 0.1) is 11.2 Å².